The number of hydrogen-bond donors (Lipinski definition) is 2. The SMILES string of the molecule is CC(NC(=O)C1CCOCC1)c1c(-c2ccc(F)cc2)noc1C(=O)O. The average molecular weight is 362 g/mol. The van der Waals surface area contributed by atoms with Crippen LogP contribution >= 0.6 is 0 Å². The number of aromatic nitrogens is 1. The molecule has 0 spiro atoms. The highest BCUT2D eigenvalue weighted by molar-refractivity contribution is 5.89. The Morgan fingerprint density at radius 1 is 1.27 bits per heavy atom. The third-order valence-corrected chi connectivity index (χ3v) is 4.42. The first kappa shape index (κ1) is 18.1. The number of benzene rings is 1. The molecule has 2 heterocycles. The van der Waals surface area contributed by atoms with Crippen LogP contribution in [0, 0.1) is 11.7 Å². The van der Waals surface area contributed by atoms with Crippen molar-refractivity contribution in [3.05, 3.63) is 41.4 Å². The van der Waals surface area contributed by atoms with Gasteiger partial charge in [0.25, 0.3) is 0 Å². The Kier molecular flexibility index (Phi) is 5.32. The third-order valence-electron chi connectivity index (χ3n) is 4.42. The molecule has 2 aromatic rings. The van der Waals surface area contributed by atoms with E-state index in [4.69, 9.17) is 9.26 Å². The molecule has 0 bridgehead atoms. The van der Waals surface area contributed by atoms with Gasteiger partial charge in [0.15, 0.2) is 0 Å². The van der Waals surface area contributed by atoms with Gasteiger partial charge >= 0.3 is 5.97 Å². The van der Waals surface area contributed by atoms with Gasteiger partial charge in [0.05, 0.1) is 11.6 Å². The zero-order chi connectivity index (χ0) is 18.7. The number of nitrogens with zero attached hydrogens (tertiary/aromatic N) is 1. The molecular weight excluding hydrogens is 343 g/mol. The highest BCUT2D eigenvalue weighted by Crippen LogP contribution is 2.31. The number of hydrogen-bond acceptors (Lipinski definition) is 5. The van der Waals surface area contributed by atoms with Gasteiger partial charge in [0.2, 0.25) is 11.7 Å². The van der Waals surface area contributed by atoms with Crippen LogP contribution < -0.4 is 5.32 Å². The Bertz CT molecular complexity index is 796. The first-order valence-corrected chi connectivity index (χ1v) is 8.34. The number of carboxylic acids is 1. The van der Waals surface area contributed by atoms with E-state index in [0.717, 1.165) is 0 Å². The minimum Gasteiger partial charge on any atom is -0.475 e. The lowest BCUT2D eigenvalue weighted by atomic mass is 9.97. The van der Waals surface area contributed by atoms with E-state index in [-0.39, 0.29) is 28.8 Å². The van der Waals surface area contributed by atoms with Gasteiger partial charge in [0.1, 0.15) is 11.5 Å². The lowest BCUT2D eigenvalue weighted by Crippen LogP contribution is -2.36. The van der Waals surface area contributed by atoms with Crippen LogP contribution in [0.4, 0.5) is 4.39 Å². The maximum atomic E-state index is 13.2. The molecule has 1 unspecified atom stereocenters. The molecule has 0 radical (unpaired) electrons. The summed E-state index contributed by atoms with van der Waals surface area (Å²) in [6.45, 7) is 2.73. The lowest BCUT2D eigenvalue weighted by molar-refractivity contribution is -0.128. The number of aromatic carboxylic acids is 1. The maximum Gasteiger partial charge on any atom is 0.375 e. The molecule has 0 saturated carbocycles. The molecule has 1 aromatic carbocycles. The van der Waals surface area contributed by atoms with Gasteiger partial charge in [-0.1, -0.05) is 5.16 Å². The fourth-order valence-electron chi connectivity index (χ4n) is 3.03. The van der Waals surface area contributed by atoms with E-state index >= 15 is 0 Å². The first-order valence-electron chi connectivity index (χ1n) is 8.34. The second-order valence-corrected chi connectivity index (χ2v) is 6.20. The Morgan fingerprint density at radius 3 is 2.54 bits per heavy atom. The summed E-state index contributed by atoms with van der Waals surface area (Å²) < 4.78 is 23.4. The fourth-order valence-corrected chi connectivity index (χ4v) is 3.03. The molecular formula is C18H19FN2O5. The molecule has 0 aliphatic carbocycles. The molecule has 1 aliphatic heterocycles. The highest BCUT2D eigenvalue weighted by atomic mass is 19.1. The van der Waals surface area contributed by atoms with Crippen molar-refractivity contribution in [2.24, 2.45) is 5.92 Å². The van der Waals surface area contributed by atoms with Crippen molar-refractivity contribution in [2.45, 2.75) is 25.8 Å². The van der Waals surface area contributed by atoms with Gasteiger partial charge in [-0.15, -0.1) is 0 Å². The van der Waals surface area contributed by atoms with Crippen LogP contribution in [0.1, 0.15) is 41.9 Å². The number of carbonyl (C=O) groups excluding carboxylic acids is 1. The van der Waals surface area contributed by atoms with Crippen molar-refractivity contribution < 1.29 is 28.3 Å². The van der Waals surface area contributed by atoms with Crippen LogP contribution in [0.25, 0.3) is 11.3 Å². The van der Waals surface area contributed by atoms with E-state index < -0.39 is 17.8 Å². The number of amides is 1. The Balaban J connectivity index is 1.88. The first-order chi connectivity index (χ1) is 12.5. The van der Waals surface area contributed by atoms with Crippen molar-refractivity contribution >= 4 is 11.9 Å². The van der Waals surface area contributed by atoms with E-state index in [1.165, 1.54) is 24.3 Å². The van der Waals surface area contributed by atoms with E-state index in [0.29, 0.717) is 31.6 Å². The molecule has 1 amide bonds. The summed E-state index contributed by atoms with van der Waals surface area (Å²) in [5.74, 6) is -2.38. The Hall–Kier alpha value is -2.74. The average Bonchev–Trinajstić information content (AvgIpc) is 3.08. The normalized spacial score (nSPS) is 16.2. The van der Waals surface area contributed by atoms with Crippen molar-refractivity contribution in [2.75, 3.05) is 13.2 Å². The number of halogens is 1. The van der Waals surface area contributed by atoms with E-state index in [2.05, 4.69) is 10.5 Å². The highest BCUT2D eigenvalue weighted by Gasteiger charge is 2.30. The molecule has 1 atom stereocenters. The molecule has 138 valence electrons. The van der Waals surface area contributed by atoms with Crippen LogP contribution in [0.5, 0.6) is 0 Å². The monoisotopic (exact) mass is 362 g/mol. The molecule has 1 aliphatic rings. The predicted octanol–water partition coefficient (Wildman–Crippen LogP) is 2.78. The molecule has 7 nitrogen and oxygen atoms in total. The summed E-state index contributed by atoms with van der Waals surface area (Å²) in [5.41, 5.74) is 1.02. The summed E-state index contributed by atoms with van der Waals surface area (Å²) in [7, 11) is 0. The number of carboxylic acid groups (broad SMARTS) is 1. The number of nitrogens with one attached hydrogen (secondary N) is 1. The zero-order valence-electron chi connectivity index (χ0n) is 14.2. The van der Waals surface area contributed by atoms with E-state index in [1.807, 2.05) is 0 Å². The van der Waals surface area contributed by atoms with Gasteiger partial charge in [-0.05, 0) is 44.0 Å². The number of carbonyl (C=O) groups is 2. The molecule has 26 heavy (non-hydrogen) atoms. The van der Waals surface area contributed by atoms with Gasteiger partial charge in [-0.25, -0.2) is 9.18 Å². The summed E-state index contributed by atoms with van der Waals surface area (Å²) >= 11 is 0. The largest absolute Gasteiger partial charge is 0.475 e. The van der Waals surface area contributed by atoms with Gasteiger partial charge in [-0.3, -0.25) is 4.79 Å². The molecule has 1 saturated heterocycles. The Labute approximate surface area is 149 Å². The quantitative estimate of drug-likeness (QED) is 0.848. The smallest absolute Gasteiger partial charge is 0.375 e. The predicted molar refractivity (Wildman–Crippen MR) is 89.0 cm³/mol. The second-order valence-electron chi connectivity index (χ2n) is 6.20. The molecule has 1 aromatic heterocycles. The lowest BCUT2D eigenvalue weighted by Gasteiger charge is -2.23. The van der Waals surface area contributed by atoms with Crippen LogP contribution in [0.2, 0.25) is 0 Å². The van der Waals surface area contributed by atoms with Crippen LogP contribution in [0.15, 0.2) is 28.8 Å². The van der Waals surface area contributed by atoms with Crippen molar-refractivity contribution in [3.63, 3.8) is 0 Å². The van der Waals surface area contributed by atoms with Gasteiger partial charge in [-0.2, -0.15) is 0 Å². The minimum absolute atomic E-state index is 0.164. The summed E-state index contributed by atoms with van der Waals surface area (Å²) in [4.78, 5) is 24.0. The van der Waals surface area contributed by atoms with Crippen LogP contribution in [0.3, 0.4) is 0 Å². The summed E-state index contributed by atoms with van der Waals surface area (Å²) in [5, 5.41) is 16.0. The molecule has 2 N–H and O–H groups in total. The van der Waals surface area contributed by atoms with Gasteiger partial charge < -0.3 is 19.7 Å². The Morgan fingerprint density at radius 2 is 1.92 bits per heavy atom. The molecule has 3 rings (SSSR count). The molecule has 8 heteroatoms. The topological polar surface area (TPSA) is 102 Å². The molecule has 1 fully saturated rings. The maximum absolute atomic E-state index is 13.2. The van der Waals surface area contributed by atoms with E-state index in [9.17, 15) is 19.1 Å². The summed E-state index contributed by atoms with van der Waals surface area (Å²) in [6.07, 6.45) is 1.25. The van der Waals surface area contributed by atoms with Crippen LogP contribution in [-0.4, -0.2) is 35.4 Å². The minimum atomic E-state index is -1.28. The second kappa shape index (κ2) is 7.65. The number of rotatable bonds is 5. The van der Waals surface area contributed by atoms with Gasteiger partial charge in [0, 0.05) is 24.7 Å². The van der Waals surface area contributed by atoms with Crippen LogP contribution in [-0.2, 0) is 9.53 Å². The van der Waals surface area contributed by atoms with E-state index in [1.54, 1.807) is 6.92 Å². The fraction of sp³-hybridized carbons (Fsp3) is 0.389. The number of ether oxygens (including phenoxy) is 1. The third kappa shape index (κ3) is 3.75. The summed E-state index contributed by atoms with van der Waals surface area (Å²) in [6, 6.07) is 4.83. The van der Waals surface area contributed by atoms with Crippen molar-refractivity contribution in [1.82, 2.24) is 10.5 Å². The van der Waals surface area contributed by atoms with Crippen molar-refractivity contribution in [3.8, 4) is 11.3 Å². The zero-order valence-corrected chi connectivity index (χ0v) is 14.2. The standard InChI is InChI=1S/C18H19FN2O5/c1-10(20-17(22)12-6-8-25-9-7-12)14-15(21-26-16(14)18(23)24)11-2-4-13(19)5-3-11/h2-5,10,12H,6-9H2,1H3,(H,20,22)(H,23,24). The van der Waals surface area contributed by atoms with Crippen molar-refractivity contribution in [1.29, 1.82) is 0 Å².